The van der Waals surface area contributed by atoms with Crippen LogP contribution >= 0.6 is 11.3 Å². The van der Waals surface area contributed by atoms with E-state index in [0.29, 0.717) is 25.0 Å². The van der Waals surface area contributed by atoms with Crippen molar-refractivity contribution in [3.8, 4) is 16.2 Å². The van der Waals surface area contributed by atoms with E-state index >= 15 is 22.0 Å². The summed E-state index contributed by atoms with van der Waals surface area (Å²) in [6.07, 6.45) is -4.18. The minimum atomic E-state index is -4.36. The van der Waals surface area contributed by atoms with E-state index in [1.54, 1.807) is 38.1 Å². The second-order valence-electron chi connectivity index (χ2n) is 20.5. The quantitative estimate of drug-likeness (QED) is 0.0441. The lowest BCUT2D eigenvalue weighted by molar-refractivity contribution is -0.235. The zero-order valence-corrected chi connectivity index (χ0v) is 42.7. The van der Waals surface area contributed by atoms with Gasteiger partial charge in [-0.2, -0.15) is 8.78 Å². The largest absolute Gasteiger partial charge is 0.493 e. The highest BCUT2D eigenvalue weighted by atomic mass is 32.1. The normalized spacial score (nSPS) is 19.6. The van der Waals surface area contributed by atoms with Gasteiger partial charge in [-0.05, 0) is 82.1 Å². The number of aromatic amines is 1. The molecule has 19 heteroatoms. The number of hydrogen-bond acceptors (Lipinski definition) is 10. The van der Waals surface area contributed by atoms with Crippen molar-refractivity contribution in [3.63, 3.8) is 0 Å². The van der Waals surface area contributed by atoms with E-state index in [4.69, 9.17) is 9.47 Å². The number of aliphatic hydroxyl groups excluding tert-OH is 1. The molecule has 0 saturated carbocycles. The number of aliphatic hydroxyl groups is 1. The zero-order chi connectivity index (χ0) is 52.3. The number of carbonyl (C=O) groups is 3. The second kappa shape index (κ2) is 22.3. The lowest BCUT2D eigenvalue weighted by Crippen LogP contribution is -2.60. The van der Waals surface area contributed by atoms with Gasteiger partial charge in [0.2, 0.25) is 11.8 Å². The van der Waals surface area contributed by atoms with Crippen LogP contribution in [-0.2, 0) is 30.3 Å². The minimum absolute atomic E-state index is 0.0359. The summed E-state index contributed by atoms with van der Waals surface area (Å²) < 4.78 is 93.2. The number of rotatable bonds is 20. The first-order chi connectivity index (χ1) is 33.9. The summed E-state index contributed by atoms with van der Waals surface area (Å²) in [5.74, 6) is -4.94. The van der Waals surface area contributed by atoms with Gasteiger partial charge in [0, 0.05) is 66.5 Å². The molecule has 5 aromatic rings. The molecule has 3 amide bonds. The van der Waals surface area contributed by atoms with E-state index in [1.807, 2.05) is 62.4 Å². The van der Waals surface area contributed by atoms with E-state index in [0.717, 1.165) is 55.2 Å². The number of benzene rings is 3. The first-order valence-corrected chi connectivity index (χ1v) is 25.2. The number of likely N-dealkylation sites (tertiary alicyclic amines) is 1. The SMILES string of the molecule is Cc1ncsc1-c1ccc([C@H](C)NC(=O)[C@@H]2C[C@@H](O)CN2C(=O)[C@@H](NC(=O)C(F)(F)OCCOCCCCOc2cc(F)c([C@@H]3c4[nH]c5ccccc5c4C[C@@H](C)N3CC(C)(C)F)c(F)c2)C(C)(C)C)cc1. The third kappa shape index (κ3) is 12.6. The molecule has 2 aromatic heterocycles. The van der Waals surface area contributed by atoms with Crippen molar-refractivity contribution in [3.05, 3.63) is 106 Å². The summed E-state index contributed by atoms with van der Waals surface area (Å²) >= 11 is 1.52. The third-order valence-electron chi connectivity index (χ3n) is 13.2. The molecule has 390 valence electrons. The lowest BCUT2D eigenvalue weighted by atomic mass is 9.85. The van der Waals surface area contributed by atoms with E-state index in [-0.39, 0.29) is 56.7 Å². The van der Waals surface area contributed by atoms with Crippen LogP contribution in [0.5, 0.6) is 5.75 Å². The van der Waals surface area contributed by atoms with Gasteiger partial charge in [0.25, 0.3) is 0 Å². The lowest BCUT2D eigenvalue weighted by Gasteiger charge is -2.43. The number of hydrogen-bond donors (Lipinski definition) is 4. The number of ether oxygens (including phenoxy) is 3. The van der Waals surface area contributed by atoms with Gasteiger partial charge in [0.05, 0.1) is 54.1 Å². The number of unbranched alkanes of at least 4 members (excludes halogenated alkanes) is 1. The number of nitrogens with one attached hydrogen (secondary N) is 3. The molecule has 0 aliphatic carbocycles. The average Bonchev–Trinajstić information content (AvgIpc) is 4.03. The fourth-order valence-corrected chi connectivity index (χ4v) is 10.3. The van der Waals surface area contributed by atoms with Gasteiger partial charge in [0.1, 0.15) is 35.1 Å². The summed E-state index contributed by atoms with van der Waals surface area (Å²) in [6, 6.07) is 13.2. The van der Waals surface area contributed by atoms with Crippen LogP contribution in [0.15, 0.2) is 66.2 Å². The Hall–Kier alpha value is -5.47. The number of β-amino-alcohol motifs (C(OH)–C–C–N with tert-alkyl or cyclic N) is 1. The smallest absolute Gasteiger partial charge is 0.436 e. The van der Waals surface area contributed by atoms with Crippen LogP contribution in [0.1, 0.15) is 108 Å². The van der Waals surface area contributed by atoms with Gasteiger partial charge >= 0.3 is 12.0 Å². The molecule has 0 unspecified atom stereocenters. The monoisotopic (exact) mass is 1020 g/mol. The second-order valence-corrected chi connectivity index (χ2v) is 21.4. The number of amides is 3. The average molecular weight is 1030 g/mol. The molecule has 1 saturated heterocycles. The maximum Gasteiger partial charge on any atom is 0.436 e. The Morgan fingerprint density at radius 3 is 2.28 bits per heavy atom. The van der Waals surface area contributed by atoms with Crippen molar-refractivity contribution in [2.75, 3.05) is 39.5 Å². The molecule has 0 spiro atoms. The Morgan fingerprint density at radius 2 is 1.62 bits per heavy atom. The van der Waals surface area contributed by atoms with Crippen LogP contribution in [-0.4, -0.2) is 118 Å². The minimum Gasteiger partial charge on any atom is -0.493 e. The molecule has 72 heavy (non-hydrogen) atoms. The summed E-state index contributed by atoms with van der Waals surface area (Å²) in [7, 11) is 0. The third-order valence-corrected chi connectivity index (χ3v) is 14.1. The Labute approximate surface area is 420 Å². The topological polar surface area (TPSA) is 158 Å². The molecule has 1 fully saturated rings. The molecule has 3 aromatic carbocycles. The number of halogens is 5. The summed E-state index contributed by atoms with van der Waals surface area (Å²) in [4.78, 5) is 52.2. The van der Waals surface area contributed by atoms with Gasteiger partial charge in [0.15, 0.2) is 0 Å². The fourth-order valence-electron chi connectivity index (χ4n) is 9.53. The van der Waals surface area contributed by atoms with Crippen LogP contribution in [0.2, 0.25) is 0 Å². The summed E-state index contributed by atoms with van der Waals surface area (Å²) in [5, 5.41) is 16.6. The van der Waals surface area contributed by atoms with Gasteiger partial charge in [-0.3, -0.25) is 19.3 Å². The highest BCUT2D eigenvalue weighted by Gasteiger charge is 2.49. The summed E-state index contributed by atoms with van der Waals surface area (Å²) in [5.41, 5.74) is 3.87. The molecule has 13 nitrogen and oxygen atoms in total. The van der Waals surface area contributed by atoms with Crippen molar-refractivity contribution in [1.82, 2.24) is 30.4 Å². The predicted molar refractivity (Wildman–Crippen MR) is 264 cm³/mol. The number of nitrogens with zero attached hydrogens (tertiary/aromatic N) is 3. The maximum absolute atomic E-state index is 16.0. The number of carbonyl (C=O) groups excluding carboxylic acids is 3. The highest BCUT2D eigenvalue weighted by Crippen LogP contribution is 2.44. The van der Waals surface area contributed by atoms with E-state index < -0.39 is 83.4 Å². The highest BCUT2D eigenvalue weighted by molar-refractivity contribution is 7.13. The van der Waals surface area contributed by atoms with Crippen LogP contribution in [0.25, 0.3) is 21.3 Å². The van der Waals surface area contributed by atoms with Crippen LogP contribution in [0.3, 0.4) is 0 Å². The molecule has 2 aliphatic rings. The van der Waals surface area contributed by atoms with Gasteiger partial charge in [-0.25, -0.2) is 18.2 Å². The molecule has 7 rings (SSSR count). The first-order valence-electron chi connectivity index (χ1n) is 24.3. The Bertz CT molecular complexity index is 2680. The number of alkyl halides is 3. The number of para-hydroxylation sites is 1. The van der Waals surface area contributed by atoms with Crippen molar-refractivity contribution >= 4 is 40.0 Å². The molecule has 2 aliphatic heterocycles. The zero-order valence-electron chi connectivity index (χ0n) is 41.9. The molecule has 0 bridgehead atoms. The van der Waals surface area contributed by atoms with Crippen molar-refractivity contribution < 1.29 is 55.7 Å². The number of thiazole rings is 1. The number of H-pyrrole nitrogens is 1. The fraction of sp³-hybridized carbons (Fsp3) is 0.509. The molecular weight excluding hydrogens is 960 g/mol. The molecule has 4 heterocycles. The maximum atomic E-state index is 16.0. The van der Waals surface area contributed by atoms with E-state index in [1.165, 1.54) is 25.2 Å². The van der Waals surface area contributed by atoms with Crippen LogP contribution < -0.4 is 15.4 Å². The standard InChI is InChI=1S/C53H65F5N6O7S/c1-30-23-38-37-13-9-10-14-41(37)61-44(38)45(64(30)28-52(7,8)56)43-39(54)25-36(26-40(43)55)70-20-12-11-19-69-21-22-71-53(57,58)50(68)62-47(51(4,5)6)49(67)63-27-35(65)24-42(63)48(66)60-31(2)33-15-17-34(18-16-33)46-32(3)59-29-72-46/h9-10,13-18,25-26,29-31,35,42,45,47,61,65H,11-12,19-24,27-28H2,1-8H3,(H,60,66)(H,62,68)/t30-,31+,35-,42+,45-,47-/m1/s1. The van der Waals surface area contributed by atoms with Gasteiger partial charge in [-0.1, -0.05) is 63.2 Å². The Morgan fingerprint density at radius 1 is 0.944 bits per heavy atom. The number of aryl methyl sites for hydroxylation is 1. The first kappa shape index (κ1) is 54.3. The van der Waals surface area contributed by atoms with Crippen molar-refractivity contribution in [1.29, 1.82) is 0 Å². The Balaban J connectivity index is 0.862. The molecule has 6 atom stereocenters. The molecular formula is C53H65F5N6O7S. The van der Waals surface area contributed by atoms with E-state index in [2.05, 4.69) is 25.3 Å². The van der Waals surface area contributed by atoms with Crippen molar-refractivity contribution in [2.24, 2.45) is 5.41 Å². The van der Waals surface area contributed by atoms with Crippen molar-refractivity contribution in [2.45, 2.75) is 129 Å². The number of aromatic nitrogens is 2. The Kier molecular flexibility index (Phi) is 16.8. The van der Waals surface area contributed by atoms with Crippen LogP contribution in [0, 0.1) is 24.0 Å². The van der Waals surface area contributed by atoms with Crippen LogP contribution in [0.4, 0.5) is 22.0 Å². The molecule has 4 N–H and O–H groups in total. The molecule has 0 radical (unpaired) electrons. The predicted octanol–water partition coefficient (Wildman–Crippen LogP) is 9.12. The van der Waals surface area contributed by atoms with Gasteiger partial charge in [-0.15, -0.1) is 11.3 Å². The number of fused-ring (bicyclic) bond motifs is 3. The van der Waals surface area contributed by atoms with Gasteiger partial charge < -0.3 is 39.8 Å². The van der Waals surface area contributed by atoms with E-state index in [9.17, 15) is 19.5 Å². The summed E-state index contributed by atoms with van der Waals surface area (Å²) in [6.45, 7) is 12.1.